The first-order valence-electron chi connectivity index (χ1n) is 10.8. The zero-order chi connectivity index (χ0) is 23.2. The van der Waals surface area contributed by atoms with Crippen LogP contribution in [0.3, 0.4) is 0 Å². The minimum absolute atomic E-state index is 0.0479. The molecule has 33 heavy (non-hydrogen) atoms. The van der Waals surface area contributed by atoms with Gasteiger partial charge in [-0.3, -0.25) is 9.59 Å². The van der Waals surface area contributed by atoms with E-state index in [0.717, 1.165) is 24.9 Å². The molecule has 0 saturated carbocycles. The average molecular weight is 464 g/mol. The third-order valence-electron chi connectivity index (χ3n) is 5.23. The molecule has 0 bridgehead atoms. The quantitative estimate of drug-likeness (QED) is 0.278. The van der Waals surface area contributed by atoms with Crippen molar-refractivity contribution in [2.45, 2.75) is 45.0 Å². The Kier molecular flexibility index (Phi) is 7.19. The fourth-order valence-electron chi connectivity index (χ4n) is 3.36. The minimum atomic E-state index is -0.263. The van der Waals surface area contributed by atoms with Crippen LogP contribution in [0, 0.1) is 6.92 Å². The van der Waals surface area contributed by atoms with Gasteiger partial charge in [-0.05, 0) is 25.5 Å². The van der Waals surface area contributed by atoms with E-state index in [-0.39, 0.29) is 23.7 Å². The van der Waals surface area contributed by atoms with Crippen LogP contribution in [0.25, 0.3) is 10.8 Å². The standard InChI is InChI=1S/C24H25N5O3S/c1-3-4-13-29-21(14-32-23-19-8-6-5-7-18(19)22(31)26-27-23)25-28-24(29)33-15-20(30)17-11-9-16(2)10-12-17/h5-12H,3-4,13-15H2,1-2H3,(H,26,31). The number of H-pyrrole nitrogens is 1. The molecular weight excluding hydrogens is 438 g/mol. The topological polar surface area (TPSA) is 103 Å². The van der Waals surface area contributed by atoms with Crippen molar-refractivity contribution in [3.05, 3.63) is 75.8 Å². The van der Waals surface area contributed by atoms with Gasteiger partial charge in [-0.15, -0.1) is 15.3 Å². The summed E-state index contributed by atoms with van der Waals surface area (Å²) in [5.74, 6) is 1.30. The number of hydrogen-bond donors (Lipinski definition) is 1. The number of aromatic nitrogens is 5. The second-order valence-corrected chi connectivity index (χ2v) is 8.62. The van der Waals surface area contributed by atoms with Gasteiger partial charge in [0.25, 0.3) is 5.56 Å². The molecule has 4 rings (SSSR count). The molecule has 170 valence electrons. The maximum Gasteiger partial charge on any atom is 0.272 e. The molecule has 9 heteroatoms. The van der Waals surface area contributed by atoms with Gasteiger partial charge in [0, 0.05) is 12.1 Å². The number of ketones is 1. The summed E-state index contributed by atoms with van der Waals surface area (Å²) in [6.45, 7) is 4.98. The molecule has 0 aliphatic carbocycles. The molecule has 2 aromatic heterocycles. The van der Waals surface area contributed by atoms with E-state index >= 15 is 0 Å². The van der Waals surface area contributed by atoms with Crippen LogP contribution >= 0.6 is 11.8 Å². The molecule has 0 spiro atoms. The Labute approximate surface area is 195 Å². The van der Waals surface area contributed by atoms with Crippen molar-refractivity contribution in [3.8, 4) is 5.88 Å². The fraction of sp³-hybridized carbons (Fsp3) is 0.292. The van der Waals surface area contributed by atoms with Crippen molar-refractivity contribution < 1.29 is 9.53 Å². The summed E-state index contributed by atoms with van der Waals surface area (Å²) >= 11 is 1.37. The summed E-state index contributed by atoms with van der Waals surface area (Å²) in [6.07, 6.45) is 1.96. The van der Waals surface area contributed by atoms with Crippen LogP contribution in [-0.4, -0.2) is 36.5 Å². The molecule has 0 unspecified atom stereocenters. The highest BCUT2D eigenvalue weighted by Crippen LogP contribution is 2.23. The zero-order valence-electron chi connectivity index (χ0n) is 18.6. The number of aryl methyl sites for hydroxylation is 1. The van der Waals surface area contributed by atoms with Crippen LogP contribution < -0.4 is 10.3 Å². The zero-order valence-corrected chi connectivity index (χ0v) is 19.4. The number of rotatable bonds is 10. The number of Topliss-reactive ketones (excluding diaryl/α,β-unsaturated/α-hetero) is 1. The predicted molar refractivity (Wildman–Crippen MR) is 128 cm³/mol. The van der Waals surface area contributed by atoms with Crippen molar-refractivity contribution >= 4 is 28.3 Å². The smallest absolute Gasteiger partial charge is 0.272 e. The summed E-state index contributed by atoms with van der Waals surface area (Å²) in [7, 11) is 0. The van der Waals surface area contributed by atoms with Gasteiger partial charge in [-0.25, -0.2) is 5.10 Å². The molecule has 2 heterocycles. The van der Waals surface area contributed by atoms with E-state index in [1.807, 2.05) is 41.8 Å². The van der Waals surface area contributed by atoms with Crippen molar-refractivity contribution in [3.63, 3.8) is 0 Å². The van der Waals surface area contributed by atoms with Crippen LogP contribution in [0.15, 0.2) is 58.5 Å². The Morgan fingerprint density at radius 1 is 1.09 bits per heavy atom. The van der Waals surface area contributed by atoms with Gasteiger partial charge < -0.3 is 9.30 Å². The summed E-state index contributed by atoms with van der Waals surface area (Å²) in [5.41, 5.74) is 1.54. The Hall–Kier alpha value is -3.46. The van der Waals surface area contributed by atoms with E-state index in [1.54, 1.807) is 18.2 Å². The van der Waals surface area contributed by atoms with Crippen LogP contribution in [0.2, 0.25) is 0 Å². The third kappa shape index (κ3) is 5.31. The number of carbonyl (C=O) groups is 1. The molecule has 0 fully saturated rings. The van der Waals surface area contributed by atoms with E-state index in [2.05, 4.69) is 27.3 Å². The lowest BCUT2D eigenvalue weighted by atomic mass is 10.1. The summed E-state index contributed by atoms with van der Waals surface area (Å²) in [6, 6.07) is 14.7. The number of thioether (sulfide) groups is 1. The Morgan fingerprint density at radius 3 is 2.61 bits per heavy atom. The van der Waals surface area contributed by atoms with E-state index in [4.69, 9.17) is 4.74 Å². The number of aromatic amines is 1. The maximum absolute atomic E-state index is 12.6. The minimum Gasteiger partial charge on any atom is -0.468 e. The molecule has 4 aromatic rings. The number of ether oxygens (including phenoxy) is 1. The molecule has 0 amide bonds. The van der Waals surface area contributed by atoms with Crippen molar-refractivity contribution in [2.75, 3.05) is 5.75 Å². The molecule has 0 aliphatic heterocycles. The first-order valence-corrected chi connectivity index (χ1v) is 11.8. The molecule has 0 radical (unpaired) electrons. The summed E-state index contributed by atoms with van der Waals surface area (Å²) in [5, 5.41) is 17.0. The van der Waals surface area contributed by atoms with Crippen LogP contribution in [0.4, 0.5) is 0 Å². The second kappa shape index (κ2) is 10.4. The summed E-state index contributed by atoms with van der Waals surface area (Å²) < 4.78 is 7.91. The maximum atomic E-state index is 12.6. The van der Waals surface area contributed by atoms with Crippen molar-refractivity contribution in [2.24, 2.45) is 0 Å². The molecule has 0 saturated heterocycles. The van der Waals surface area contributed by atoms with E-state index in [9.17, 15) is 9.59 Å². The highest BCUT2D eigenvalue weighted by Gasteiger charge is 2.16. The molecule has 8 nitrogen and oxygen atoms in total. The first kappa shape index (κ1) is 22.7. The molecule has 0 aliphatic rings. The van der Waals surface area contributed by atoms with Gasteiger partial charge in [0.15, 0.2) is 16.8 Å². The normalized spacial score (nSPS) is 11.1. The second-order valence-electron chi connectivity index (χ2n) is 7.67. The van der Waals surface area contributed by atoms with E-state index < -0.39 is 0 Å². The van der Waals surface area contributed by atoms with Gasteiger partial charge in [0.1, 0.15) is 6.61 Å². The monoisotopic (exact) mass is 463 g/mol. The lowest BCUT2D eigenvalue weighted by Gasteiger charge is -2.11. The number of nitrogens with one attached hydrogen (secondary N) is 1. The average Bonchev–Trinajstić information content (AvgIpc) is 3.23. The Balaban J connectivity index is 1.50. The van der Waals surface area contributed by atoms with Crippen LogP contribution in [0.5, 0.6) is 5.88 Å². The Morgan fingerprint density at radius 2 is 1.85 bits per heavy atom. The Bertz CT molecular complexity index is 1310. The summed E-state index contributed by atoms with van der Waals surface area (Å²) in [4.78, 5) is 24.6. The number of hydrogen-bond acceptors (Lipinski definition) is 7. The molecule has 1 N–H and O–H groups in total. The van der Waals surface area contributed by atoms with Gasteiger partial charge >= 0.3 is 0 Å². The number of benzene rings is 2. The van der Waals surface area contributed by atoms with Gasteiger partial charge in [0.2, 0.25) is 5.88 Å². The van der Waals surface area contributed by atoms with Gasteiger partial charge in [0.05, 0.1) is 16.5 Å². The highest BCUT2D eigenvalue weighted by molar-refractivity contribution is 7.99. The number of nitrogens with zero attached hydrogens (tertiary/aromatic N) is 4. The lowest BCUT2D eigenvalue weighted by Crippen LogP contribution is -2.13. The number of carbonyl (C=O) groups excluding carboxylic acids is 1. The van der Waals surface area contributed by atoms with Crippen molar-refractivity contribution in [1.82, 2.24) is 25.0 Å². The van der Waals surface area contributed by atoms with Gasteiger partial charge in [-0.2, -0.15) is 0 Å². The number of fused-ring (bicyclic) bond motifs is 1. The SMILES string of the molecule is CCCCn1c(COc2n[nH]c(=O)c3ccccc23)nnc1SCC(=O)c1ccc(C)cc1. The molecule has 2 aromatic carbocycles. The number of unbranched alkanes of at least 4 members (excludes halogenated alkanes) is 1. The van der Waals surface area contributed by atoms with Crippen LogP contribution in [-0.2, 0) is 13.2 Å². The molecule has 0 atom stereocenters. The third-order valence-corrected chi connectivity index (χ3v) is 6.20. The largest absolute Gasteiger partial charge is 0.468 e. The first-order chi connectivity index (χ1) is 16.1. The molecular formula is C24H25N5O3S. The van der Waals surface area contributed by atoms with Gasteiger partial charge in [-0.1, -0.05) is 67.1 Å². The van der Waals surface area contributed by atoms with E-state index in [1.165, 1.54) is 11.8 Å². The van der Waals surface area contributed by atoms with E-state index in [0.29, 0.717) is 33.2 Å². The fourth-order valence-corrected chi connectivity index (χ4v) is 4.24. The highest BCUT2D eigenvalue weighted by atomic mass is 32.2. The predicted octanol–water partition coefficient (Wildman–Crippen LogP) is 4.18. The van der Waals surface area contributed by atoms with Crippen molar-refractivity contribution in [1.29, 1.82) is 0 Å². The van der Waals surface area contributed by atoms with Crippen LogP contribution in [0.1, 0.15) is 41.5 Å². The lowest BCUT2D eigenvalue weighted by molar-refractivity contribution is 0.102.